The molecule has 0 aromatic rings. The first-order chi connectivity index (χ1) is 7.72. The van der Waals surface area contributed by atoms with E-state index in [1.807, 2.05) is 0 Å². The predicted octanol–water partition coefficient (Wildman–Crippen LogP) is 2.46. The first-order valence-corrected chi connectivity index (χ1v) is 6.80. The fraction of sp³-hybridized carbons (Fsp3) is 1.00. The summed E-state index contributed by atoms with van der Waals surface area (Å²) in [6.45, 7) is 7.36. The quantitative estimate of drug-likeness (QED) is 0.542. The molecule has 3 nitrogen and oxygen atoms in total. The van der Waals surface area contributed by atoms with Crippen molar-refractivity contribution in [1.29, 1.82) is 0 Å². The van der Waals surface area contributed by atoms with Gasteiger partial charge in [-0.2, -0.15) is 0 Å². The van der Waals surface area contributed by atoms with Crippen molar-refractivity contribution < 1.29 is 4.74 Å². The van der Waals surface area contributed by atoms with Gasteiger partial charge in [0, 0.05) is 6.61 Å². The molecule has 1 fully saturated rings. The molecule has 0 aromatic carbocycles. The van der Waals surface area contributed by atoms with Gasteiger partial charge in [0.25, 0.3) is 0 Å². The Morgan fingerprint density at radius 3 is 2.62 bits per heavy atom. The zero-order chi connectivity index (χ0) is 12.0. The molecule has 96 valence electrons. The first kappa shape index (κ1) is 13.9. The summed E-state index contributed by atoms with van der Waals surface area (Å²) >= 11 is 0. The Morgan fingerprint density at radius 1 is 1.38 bits per heavy atom. The smallest absolute Gasteiger partial charge is 0.0741 e. The first-order valence-electron chi connectivity index (χ1n) is 6.80. The standard InChI is InChI=1S/C13H28N2O/c1-4-12(16-5-2)13(15-14)11-8-6-7-10(3)9-11/h10-13,15H,4-9,14H2,1-3H3. The molecule has 3 heteroatoms. The van der Waals surface area contributed by atoms with E-state index in [0.717, 1.165) is 18.9 Å². The minimum Gasteiger partial charge on any atom is -0.377 e. The van der Waals surface area contributed by atoms with Gasteiger partial charge in [-0.15, -0.1) is 0 Å². The third-order valence-electron chi connectivity index (χ3n) is 3.86. The second-order valence-corrected chi connectivity index (χ2v) is 5.13. The Kier molecular flexibility index (Phi) is 6.32. The highest BCUT2D eigenvalue weighted by Crippen LogP contribution is 2.32. The van der Waals surface area contributed by atoms with Crippen molar-refractivity contribution in [3.8, 4) is 0 Å². The van der Waals surface area contributed by atoms with Crippen LogP contribution in [0.1, 0.15) is 52.9 Å². The molecule has 0 amide bonds. The maximum absolute atomic E-state index is 5.79. The fourth-order valence-corrected chi connectivity index (χ4v) is 3.04. The van der Waals surface area contributed by atoms with Gasteiger partial charge in [-0.1, -0.05) is 26.7 Å². The number of rotatable bonds is 6. The van der Waals surface area contributed by atoms with E-state index in [4.69, 9.17) is 10.6 Å². The molecule has 16 heavy (non-hydrogen) atoms. The van der Waals surface area contributed by atoms with E-state index in [1.54, 1.807) is 0 Å². The molecule has 0 saturated heterocycles. The molecule has 1 aliphatic rings. The van der Waals surface area contributed by atoms with E-state index in [0.29, 0.717) is 12.0 Å². The minimum atomic E-state index is 0.269. The third-order valence-corrected chi connectivity index (χ3v) is 3.86. The van der Waals surface area contributed by atoms with Crippen LogP contribution in [0.2, 0.25) is 0 Å². The summed E-state index contributed by atoms with van der Waals surface area (Å²) in [4.78, 5) is 0. The van der Waals surface area contributed by atoms with Gasteiger partial charge in [0.2, 0.25) is 0 Å². The van der Waals surface area contributed by atoms with Crippen LogP contribution in [0.25, 0.3) is 0 Å². The van der Waals surface area contributed by atoms with Gasteiger partial charge in [-0.25, -0.2) is 0 Å². The van der Waals surface area contributed by atoms with Crippen LogP contribution in [-0.2, 0) is 4.74 Å². The van der Waals surface area contributed by atoms with Crippen LogP contribution in [0, 0.1) is 11.8 Å². The monoisotopic (exact) mass is 228 g/mol. The lowest BCUT2D eigenvalue weighted by atomic mass is 9.77. The summed E-state index contributed by atoms with van der Waals surface area (Å²) in [7, 11) is 0. The van der Waals surface area contributed by atoms with Gasteiger partial charge in [-0.3, -0.25) is 11.3 Å². The molecule has 4 unspecified atom stereocenters. The molecule has 1 rings (SSSR count). The van der Waals surface area contributed by atoms with Crippen LogP contribution in [0.4, 0.5) is 0 Å². The molecule has 3 N–H and O–H groups in total. The average molecular weight is 228 g/mol. The van der Waals surface area contributed by atoms with Gasteiger partial charge < -0.3 is 4.74 Å². The zero-order valence-corrected chi connectivity index (χ0v) is 11.0. The third kappa shape index (κ3) is 3.72. The molecule has 0 radical (unpaired) electrons. The van der Waals surface area contributed by atoms with Crippen molar-refractivity contribution in [2.24, 2.45) is 17.7 Å². The van der Waals surface area contributed by atoms with Crippen molar-refractivity contribution in [3.05, 3.63) is 0 Å². The summed E-state index contributed by atoms with van der Waals surface area (Å²) in [5.74, 6) is 7.25. The van der Waals surface area contributed by atoms with Crippen LogP contribution in [0.5, 0.6) is 0 Å². The Labute approximate surface area is 100 Å². The number of nitrogens with one attached hydrogen (secondary N) is 1. The Bertz CT molecular complexity index is 187. The Balaban J connectivity index is 2.56. The van der Waals surface area contributed by atoms with Gasteiger partial charge in [0.15, 0.2) is 0 Å². The van der Waals surface area contributed by atoms with E-state index in [-0.39, 0.29) is 6.10 Å². The van der Waals surface area contributed by atoms with E-state index in [1.165, 1.54) is 25.7 Å². The number of hydrazine groups is 1. The molecule has 0 aromatic heterocycles. The van der Waals surface area contributed by atoms with E-state index < -0.39 is 0 Å². The largest absolute Gasteiger partial charge is 0.377 e. The molecule has 1 saturated carbocycles. The normalized spacial score (nSPS) is 30.0. The lowest BCUT2D eigenvalue weighted by Crippen LogP contribution is -2.50. The highest BCUT2D eigenvalue weighted by atomic mass is 16.5. The fourth-order valence-electron chi connectivity index (χ4n) is 3.04. The van der Waals surface area contributed by atoms with Crippen LogP contribution in [0.3, 0.4) is 0 Å². The highest BCUT2D eigenvalue weighted by Gasteiger charge is 2.31. The lowest BCUT2D eigenvalue weighted by molar-refractivity contribution is 0.00595. The highest BCUT2D eigenvalue weighted by molar-refractivity contribution is 4.85. The van der Waals surface area contributed by atoms with Gasteiger partial charge in [0.05, 0.1) is 12.1 Å². The molecule has 0 aliphatic heterocycles. The lowest BCUT2D eigenvalue weighted by Gasteiger charge is -2.36. The average Bonchev–Trinajstić information content (AvgIpc) is 2.29. The molecule has 4 atom stereocenters. The van der Waals surface area contributed by atoms with Crippen molar-refractivity contribution in [2.75, 3.05) is 6.61 Å². The molecule has 1 aliphatic carbocycles. The topological polar surface area (TPSA) is 47.3 Å². The van der Waals surface area contributed by atoms with Gasteiger partial charge in [0.1, 0.15) is 0 Å². The second kappa shape index (κ2) is 7.25. The summed E-state index contributed by atoms with van der Waals surface area (Å²) in [5, 5.41) is 0. The number of nitrogens with two attached hydrogens (primary N) is 1. The van der Waals surface area contributed by atoms with Crippen LogP contribution < -0.4 is 11.3 Å². The molecular formula is C13H28N2O. The summed E-state index contributed by atoms with van der Waals surface area (Å²) in [5.41, 5.74) is 3.00. The number of hydrogen-bond donors (Lipinski definition) is 2. The van der Waals surface area contributed by atoms with Crippen LogP contribution in [0.15, 0.2) is 0 Å². The number of ether oxygens (including phenoxy) is 1. The van der Waals surface area contributed by atoms with Crippen molar-refractivity contribution >= 4 is 0 Å². The predicted molar refractivity (Wildman–Crippen MR) is 67.9 cm³/mol. The van der Waals surface area contributed by atoms with Gasteiger partial charge >= 0.3 is 0 Å². The van der Waals surface area contributed by atoms with E-state index in [9.17, 15) is 0 Å². The van der Waals surface area contributed by atoms with E-state index >= 15 is 0 Å². The maximum Gasteiger partial charge on any atom is 0.0741 e. The minimum absolute atomic E-state index is 0.269. The molecule has 0 bridgehead atoms. The van der Waals surface area contributed by atoms with Crippen molar-refractivity contribution in [2.45, 2.75) is 65.0 Å². The number of hydrogen-bond acceptors (Lipinski definition) is 3. The van der Waals surface area contributed by atoms with Crippen LogP contribution in [-0.4, -0.2) is 18.8 Å². The Morgan fingerprint density at radius 2 is 2.12 bits per heavy atom. The zero-order valence-electron chi connectivity index (χ0n) is 11.0. The van der Waals surface area contributed by atoms with E-state index in [2.05, 4.69) is 26.2 Å². The Hall–Kier alpha value is -0.120. The second-order valence-electron chi connectivity index (χ2n) is 5.13. The summed E-state index contributed by atoms with van der Waals surface area (Å²) < 4.78 is 5.79. The van der Waals surface area contributed by atoms with Crippen LogP contribution >= 0.6 is 0 Å². The maximum atomic E-state index is 5.79. The molecular weight excluding hydrogens is 200 g/mol. The van der Waals surface area contributed by atoms with Crippen molar-refractivity contribution in [3.63, 3.8) is 0 Å². The van der Waals surface area contributed by atoms with Crippen molar-refractivity contribution in [1.82, 2.24) is 5.43 Å². The summed E-state index contributed by atoms with van der Waals surface area (Å²) in [6, 6.07) is 0.327. The SMILES string of the molecule is CCOC(CC)C(NN)C1CCCC(C)C1. The molecule has 0 heterocycles. The van der Waals surface area contributed by atoms with Gasteiger partial charge in [-0.05, 0) is 38.0 Å². The summed E-state index contributed by atoms with van der Waals surface area (Å²) in [6.07, 6.45) is 6.60. The molecule has 0 spiro atoms.